The van der Waals surface area contributed by atoms with Gasteiger partial charge in [-0.15, -0.1) is 0 Å². The number of allylic oxidation sites excluding steroid dienone is 1. The molecule has 0 bridgehead atoms. The quantitative estimate of drug-likeness (QED) is 0.0706. The number of nitrogens with two attached hydrogens (primary N) is 1. The largest absolute Gasteiger partial charge is 0.383 e. The second-order valence-electron chi connectivity index (χ2n) is 17.2. The van der Waals surface area contributed by atoms with Crippen LogP contribution in [0.1, 0.15) is 41.7 Å². The molecule has 0 unspecified atom stereocenters. The topological polar surface area (TPSA) is 38.4 Å². The highest BCUT2D eigenvalue weighted by atomic mass is 14.9. The van der Waals surface area contributed by atoms with E-state index in [9.17, 15) is 0 Å². The Labute approximate surface area is 369 Å². The zero-order valence-electron chi connectivity index (χ0n) is 35.5. The van der Waals surface area contributed by atoms with Gasteiger partial charge in [0.2, 0.25) is 0 Å². The van der Waals surface area contributed by atoms with Crippen LogP contribution < -0.4 is 5.73 Å². The van der Waals surface area contributed by atoms with Crippen molar-refractivity contribution in [2.75, 3.05) is 0 Å². The van der Waals surface area contributed by atoms with Crippen molar-refractivity contribution in [3.05, 3.63) is 246 Å². The second-order valence-corrected chi connectivity index (χ2v) is 17.2. The molecular formula is C61H46N2. The molecule has 10 aromatic rings. The van der Waals surface area contributed by atoms with Gasteiger partial charge in [-0.1, -0.05) is 232 Å². The number of fused-ring (bicyclic) bond motifs is 7. The number of amidine groups is 1. The Hall–Kier alpha value is -7.81. The van der Waals surface area contributed by atoms with E-state index in [0.29, 0.717) is 12.3 Å². The van der Waals surface area contributed by atoms with E-state index in [1.807, 2.05) is 30.3 Å². The summed E-state index contributed by atoms with van der Waals surface area (Å²) >= 11 is 0. The van der Waals surface area contributed by atoms with E-state index in [0.717, 1.165) is 22.4 Å². The molecule has 2 heteroatoms. The van der Waals surface area contributed by atoms with Crippen molar-refractivity contribution in [3.63, 3.8) is 0 Å². The molecule has 0 saturated heterocycles. The Kier molecular flexibility index (Phi) is 9.43. The van der Waals surface area contributed by atoms with Crippen LogP contribution in [0, 0.1) is 0 Å². The van der Waals surface area contributed by atoms with Crippen molar-refractivity contribution in [1.82, 2.24) is 0 Å². The van der Waals surface area contributed by atoms with Gasteiger partial charge < -0.3 is 5.73 Å². The molecule has 2 N–H and O–H groups in total. The SMILES string of the molecule is CC1(C)c2ccccc2-c2cccc(-c3ccc(C/C=C(\N=C(N)c4ccccc4)c4ccc(-c5c6ccccc6c(-c6ccccc6)c6ccc7ccccc7c56)cc4)cc3)c21. The number of benzene rings is 10. The lowest BCUT2D eigenvalue weighted by atomic mass is 9.79. The summed E-state index contributed by atoms with van der Waals surface area (Å²) in [6.07, 6.45) is 2.92. The molecule has 2 nitrogen and oxygen atoms in total. The summed E-state index contributed by atoms with van der Waals surface area (Å²) in [5, 5.41) is 7.44. The molecule has 1 aliphatic carbocycles. The zero-order valence-corrected chi connectivity index (χ0v) is 35.5. The molecule has 1 aliphatic rings. The lowest BCUT2D eigenvalue weighted by Gasteiger charge is -2.24. The van der Waals surface area contributed by atoms with E-state index in [2.05, 4.69) is 202 Å². The van der Waals surface area contributed by atoms with Gasteiger partial charge in [-0.05, 0) is 105 Å². The van der Waals surface area contributed by atoms with Crippen molar-refractivity contribution in [3.8, 4) is 44.5 Å². The molecule has 0 aliphatic heterocycles. The summed E-state index contributed by atoms with van der Waals surface area (Å²) in [7, 11) is 0. The van der Waals surface area contributed by atoms with Crippen LogP contribution in [0.25, 0.3) is 82.5 Å². The van der Waals surface area contributed by atoms with E-state index in [-0.39, 0.29) is 5.41 Å². The predicted octanol–water partition coefficient (Wildman–Crippen LogP) is 15.4. The maximum atomic E-state index is 6.75. The highest BCUT2D eigenvalue weighted by molar-refractivity contribution is 6.27. The van der Waals surface area contributed by atoms with Crippen molar-refractivity contribution in [2.24, 2.45) is 10.7 Å². The van der Waals surface area contributed by atoms with Crippen molar-refractivity contribution < 1.29 is 0 Å². The first kappa shape index (κ1) is 38.1. The number of rotatable bonds is 8. The van der Waals surface area contributed by atoms with Crippen molar-refractivity contribution >= 4 is 43.9 Å². The molecule has 0 radical (unpaired) electrons. The fourth-order valence-corrected chi connectivity index (χ4v) is 10.1. The highest BCUT2D eigenvalue weighted by Gasteiger charge is 2.37. The normalized spacial score (nSPS) is 13.4. The van der Waals surface area contributed by atoms with Gasteiger partial charge in [0.25, 0.3) is 0 Å². The van der Waals surface area contributed by atoms with Gasteiger partial charge in [0.1, 0.15) is 5.84 Å². The number of hydrogen-bond donors (Lipinski definition) is 1. The smallest absolute Gasteiger partial charge is 0.131 e. The van der Waals surface area contributed by atoms with Crippen LogP contribution in [-0.2, 0) is 11.8 Å². The Bertz CT molecular complexity index is 3410. The minimum atomic E-state index is -0.0787. The predicted molar refractivity (Wildman–Crippen MR) is 268 cm³/mol. The fraction of sp³-hybridized carbons (Fsp3) is 0.0656. The third kappa shape index (κ3) is 6.63. The number of aliphatic imine (C=N–C) groups is 1. The third-order valence-electron chi connectivity index (χ3n) is 13.1. The van der Waals surface area contributed by atoms with Gasteiger partial charge in [-0.2, -0.15) is 0 Å². The van der Waals surface area contributed by atoms with Crippen LogP contribution >= 0.6 is 0 Å². The van der Waals surface area contributed by atoms with Crippen molar-refractivity contribution in [1.29, 1.82) is 0 Å². The first-order chi connectivity index (χ1) is 30.9. The van der Waals surface area contributed by atoms with Gasteiger partial charge in [0.15, 0.2) is 0 Å². The minimum absolute atomic E-state index is 0.0787. The first-order valence-electron chi connectivity index (χ1n) is 21.9. The Morgan fingerprint density at radius 2 is 1.05 bits per heavy atom. The lowest BCUT2D eigenvalue weighted by molar-refractivity contribution is 0.662. The maximum Gasteiger partial charge on any atom is 0.131 e. The van der Waals surface area contributed by atoms with Gasteiger partial charge in [0.05, 0.1) is 5.70 Å². The third-order valence-corrected chi connectivity index (χ3v) is 13.1. The monoisotopic (exact) mass is 806 g/mol. The minimum Gasteiger partial charge on any atom is -0.383 e. The summed E-state index contributed by atoms with van der Waals surface area (Å²) in [5.41, 5.74) is 23.5. The van der Waals surface area contributed by atoms with Gasteiger partial charge in [-0.3, -0.25) is 0 Å². The van der Waals surface area contributed by atoms with Gasteiger partial charge in [-0.25, -0.2) is 4.99 Å². The molecule has 0 spiro atoms. The Morgan fingerprint density at radius 3 is 1.81 bits per heavy atom. The molecule has 10 aromatic carbocycles. The van der Waals surface area contributed by atoms with Crippen LogP contribution in [0.4, 0.5) is 0 Å². The van der Waals surface area contributed by atoms with Crippen LogP contribution in [0.3, 0.4) is 0 Å². The van der Waals surface area contributed by atoms with Crippen LogP contribution in [0.5, 0.6) is 0 Å². The average molecular weight is 807 g/mol. The zero-order chi connectivity index (χ0) is 42.5. The van der Waals surface area contributed by atoms with E-state index in [4.69, 9.17) is 10.7 Å². The van der Waals surface area contributed by atoms with E-state index in [1.54, 1.807) is 0 Å². The molecule has 0 atom stereocenters. The van der Waals surface area contributed by atoms with Crippen LogP contribution in [-0.4, -0.2) is 5.84 Å². The van der Waals surface area contributed by atoms with Crippen LogP contribution in [0.15, 0.2) is 223 Å². The molecule has 0 saturated carbocycles. The molecule has 300 valence electrons. The van der Waals surface area contributed by atoms with Crippen molar-refractivity contribution in [2.45, 2.75) is 25.7 Å². The van der Waals surface area contributed by atoms with E-state index < -0.39 is 0 Å². The molecule has 63 heavy (non-hydrogen) atoms. The van der Waals surface area contributed by atoms with E-state index in [1.165, 1.54) is 88.0 Å². The van der Waals surface area contributed by atoms with Crippen LogP contribution in [0.2, 0.25) is 0 Å². The molecule has 0 fully saturated rings. The van der Waals surface area contributed by atoms with Gasteiger partial charge >= 0.3 is 0 Å². The highest BCUT2D eigenvalue weighted by Crippen LogP contribution is 2.52. The maximum absolute atomic E-state index is 6.75. The summed E-state index contributed by atoms with van der Waals surface area (Å²) in [6, 6.07) is 76.6. The molecule has 0 aromatic heterocycles. The molecule has 0 heterocycles. The Balaban J connectivity index is 0.995. The lowest BCUT2D eigenvalue weighted by Crippen LogP contribution is -2.16. The number of nitrogens with zero attached hydrogens (tertiary/aromatic N) is 1. The molecule has 0 amide bonds. The summed E-state index contributed by atoms with van der Waals surface area (Å²) in [5.74, 6) is 0.489. The molecule has 11 rings (SSSR count). The fourth-order valence-electron chi connectivity index (χ4n) is 10.1. The van der Waals surface area contributed by atoms with Gasteiger partial charge in [0, 0.05) is 11.0 Å². The number of hydrogen-bond acceptors (Lipinski definition) is 1. The standard InChI is InChI=1S/C61H46N2/c1-61(2)54-27-14-13-22-49(54)52-26-15-25-48(59(52)61)42-31-28-40(29-32-42)30-39-55(63-60(62)46-19-7-4-8-20-46)43-33-35-45(36-34-43)57-51-24-12-11-23-50(51)56(44-17-5-3-6-18-44)53-38-37-41-16-9-10-21-47(41)58(53)57/h3-29,31-39H,30H2,1-2H3,(H2,62,63)/b55-39-. The molecular weight excluding hydrogens is 761 g/mol. The first-order valence-corrected chi connectivity index (χ1v) is 21.9. The summed E-state index contributed by atoms with van der Waals surface area (Å²) in [6.45, 7) is 4.70. The summed E-state index contributed by atoms with van der Waals surface area (Å²) in [4.78, 5) is 5.12. The average Bonchev–Trinajstić information content (AvgIpc) is 3.58. The second kappa shape index (κ2) is 15.6. The summed E-state index contributed by atoms with van der Waals surface area (Å²) < 4.78 is 0. The Morgan fingerprint density at radius 1 is 0.460 bits per heavy atom. The van der Waals surface area contributed by atoms with E-state index >= 15 is 0 Å².